The molecule has 0 fully saturated rings. The Kier molecular flexibility index (Phi) is 3.12. The fourth-order valence-corrected chi connectivity index (χ4v) is 1.60. The van der Waals surface area contributed by atoms with Gasteiger partial charge in [-0.15, -0.1) is 0 Å². The van der Waals surface area contributed by atoms with Gasteiger partial charge in [0.2, 0.25) is 0 Å². The Balaban J connectivity index is 2.34. The third-order valence-corrected chi connectivity index (χ3v) is 2.46. The minimum absolute atomic E-state index is 0.241. The summed E-state index contributed by atoms with van der Waals surface area (Å²) >= 11 is 0. The second-order valence-corrected chi connectivity index (χ2v) is 3.50. The molecule has 0 amide bonds. The van der Waals surface area contributed by atoms with Crippen LogP contribution in [0.3, 0.4) is 0 Å². The molecule has 4 nitrogen and oxygen atoms in total. The quantitative estimate of drug-likeness (QED) is 0.821. The predicted octanol–water partition coefficient (Wildman–Crippen LogP) is 0.750. The van der Waals surface area contributed by atoms with Gasteiger partial charge in [-0.05, 0) is 17.2 Å². The van der Waals surface area contributed by atoms with E-state index in [-0.39, 0.29) is 5.69 Å². The highest BCUT2D eigenvalue weighted by Crippen LogP contribution is 2.08. The van der Waals surface area contributed by atoms with Crippen molar-refractivity contribution in [3.05, 3.63) is 64.3 Å². The lowest BCUT2D eigenvalue weighted by Crippen LogP contribution is -2.22. The van der Waals surface area contributed by atoms with Crippen LogP contribution in [0.25, 0.3) is 0 Å². The minimum atomic E-state index is -0.241. The van der Waals surface area contributed by atoms with Crippen LogP contribution in [0.1, 0.15) is 11.1 Å². The molecule has 2 N–H and O–H groups in total. The van der Waals surface area contributed by atoms with Gasteiger partial charge in [0, 0.05) is 18.9 Å². The van der Waals surface area contributed by atoms with E-state index in [1.165, 1.54) is 6.20 Å². The van der Waals surface area contributed by atoms with E-state index in [9.17, 15) is 4.79 Å². The second-order valence-electron chi connectivity index (χ2n) is 3.50. The van der Waals surface area contributed by atoms with E-state index in [1.807, 2.05) is 24.3 Å². The van der Waals surface area contributed by atoms with E-state index in [2.05, 4.69) is 4.98 Å². The topological polar surface area (TPSA) is 60.9 Å². The Morgan fingerprint density at radius 1 is 1.19 bits per heavy atom. The molecular weight excluding hydrogens is 202 g/mol. The average Bonchev–Trinajstić information content (AvgIpc) is 2.33. The van der Waals surface area contributed by atoms with Crippen LogP contribution in [0.15, 0.2) is 47.5 Å². The molecule has 1 heterocycles. The third-order valence-electron chi connectivity index (χ3n) is 2.46. The molecule has 0 saturated heterocycles. The first-order chi connectivity index (χ1) is 7.81. The zero-order chi connectivity index (χ0) is 11.4. The van der Waals surface area contributed by atoms with Crippen LogP contribution in [0, 0.1) is 0 Å². The fourth-order valence-electron chi connectivity index (χ4n) is 1.60. The van der Waals surface area contributed by atoms with Crippen molar-refractivity contribution in [2.45, 2.75) is 13.1 Å². The van der Waals surface area contributed by atoms with Crippen molar-refractivity contribution in [3.8, 4) is 0 Å². The van der Waals surface area contributed by atoms with E-state index in [0.717, 1.165) is 11.1 Å². The van der Waals surface area contributed by atoms with Crippen LogP contribution in [0.5, 0.6) is 0 Å². The van der Waals surface area contributed by atoms with Crippen molar-refractivity contribution in [2.75, 3.05) is 0 Å². The zero-order valence-electron chi connectivity index (χ0n) is 8.84. The van der Waals surface area contributed by atoms with Gasteiger partial charge >= 0.3 is 5.69 Å². The van der Waals surface area contributed by atoms with Crippen molar-refractivity contribution >= 4 is 0 Å². The molecule has 0 aliphatic rings. The van der Waals surface area contributed by atoms with Crippen LogP contribution < -0.4 is 11.4 Å². The number of hydrogen-bond donors (Lipinski definition) is 1. The predicted molar refractivity (Wildman–Crippen MR) is 61.9 cm³/mol. The van der Waals surface area contributed by atoms with Gasteiger partial charge in [-0.1, -0.05) is 24.3 Å². The van der Waals surface area contributed by atoms with Crippen molar-refractivity contribution in [2.24, 2.45) is 5.73 Å². The number of aromatic nitrogens is 2. The first-order valence-corrected chi connectivity index (χ1v) is 5.09. The summed E-state index contributed by atoms with van der Waals surface area (Å²) < 4.78 is 1.56. The Labute approximate surface area is 93.4 Å². The lowest BCUT2D eigenvalue weighted by molar-refractivity contribution is 0.720. The molecule has 0 spiro atoms. The fraction of sp³-hybridized carbons (Fsp3) is 0.167. The zero-order valence-corrected chi connectivity index (χ0v) is 8.84. The molecule has 2 aromatic rings. The SMILES string of the molecule is NCc1ccccc1Cn1cccnc1=O. The summed E-state index contributed by atoms with van der Waals surface area (Å²) in [6.07, 6.45) is 3.22. The van der Waals surface area contributed by atoms with Crippen molar-refractivity contribution < 1.29 is 0 Å². The molecule has 16 heavy (non-hydrogen) atoms. The smallest absolute Gasteiger partial charge is 0.326 e. The largest absolute Gasteiger partial charge is 0.347 e. The van der Waals surface area contributed by atoms with E-state index < -0.39 is 0 Å². The summed E-state index contributed by atoms with van der Waals surface area (Å²) in [6, 6.07) is 9.57. The molecule has 0 radical (unpaired) electrons. The first-order valence-electron chi connectivity index (χ1n) is 5.09. The Morgan fingerprint density at radius 2 is 1.94 bits per heavy atom. The summed E-state index contributed by atoms with van der Waals surface area (Å²) in [7, 11) is 0. The van der Waals surface area contributed by atoms with Crippen LogP contribution >= 0.6 is 0 Å². The van der Waals surface area contributed by atoms with Crippen molar-refractivity contribution in [1.82, 2.24) is 9.55 Å². The summed E-state index contributed by atoms with van der Waals surface area (Å²) in [5.74, 6) is 0. The molecule has 0 unspecified atom stereocenters. The van der Waals surface area contributed by atoms with Crippen LogP contribution in [-0.2, 0) is 13.1 Å². The van der Waals surface area contributed by atoms with E-state index in [4.69, 9.17) is 5.73 Å². The van der Waals surface area contributed by atoms with Gasteiger partial charge in [0.15, 0.2) is 0 Å². The van der Waals surface area contributed by atoms with E-state index in [1.54, 1.807) is 16.8 Å². The highest BCUT2D eigenvalue weighted by atomic mass is 16.1. The average molecular weight is 215 g/mol. The number of benzene rings is 1. The Hall–Kier alpha value is -1.94. The number of hydrogen-bond acceptors (Lipinski definition) is 3. The Morgan fingerprint density at radius 3 is 2.62 bits per heavy atom. The van der Waals surface area contributed by atoms with Crippen LogP contribution in [0.4, 0.5) is 0 Å². The van der Waals surface area contributed by atoms with Crippen LogP contribution in [-0.4, -0.2) is 9.55 Å². The first kappa shape index (κ1) is 10.6. The lowest BCUT2D eigenvalue weighted by Gasteiger charge is -2.08. The molecule has 0 bridgehead atoms. The van der Waals surface area contributed by atoms with Gasteiger partial charge in [-0.3, -0.25) is 4.57 Å². The maximum atomic E-state index is 11.4. The highest BCUT2D eigenvalue weighted by molar-refractivity contribution is 5.27. The number of rotatable bonds is 3. The minimum Gasteiger partial charge on any atom is -0.326 e. The molecule has 1 aromatic heterocycles. The van der Waals surface area contributed by atoms with E-state index >= 15 is 0 Å². The monoisotopic (exact) mass is 215 g/mol. The summed E-state index contributed by atoms with van der Waals surface area (Å²) in [6.45, 7) is 0.991. The molecule has 1 aromatic carbocycles. The van der Waals surface area contributed by atoms with Gasteiger partial charge in [-0.2, -0.15) is 0 Å². The molecule has 0 aliphatic carbocycles. The number of nitrogens with two attached hydrogens (primary N) is 1. The Bertz CT molecular complexity index is 534. The molecule has 0 aliphatic heterocycles. The normalized spacial score (nSPS) is 10.3. The summed E-state index contributed by atoms with van der Waals surface area (Å²) in [5, 5.41) is 0. The summed E-state index contributed by atoms with van der Waals surface area (Å²) in [4.78, 5) is 15.2. The molecule has 4 heteroatoms. The number of nitrogens with zero attached hydrogens (tertiary/aromatic N) is 2. The maximum absolute atomic E-state index is 11.4. The summed E-state index contributed by atoms with van der Waals surface area (Å²) in [5.41, 5.74) is 7.51. The van der Waals surface area contributed by atoms with Gasteiger partial charge in [0.25, 0.3) is 0 Å². The molecule has 0 saturated carbocycles. The second kappa shape index (κ2) is 4.72. The molecule has 0 atom stereocenters. The standard InChI is InChI=1S/C12H13N3O/c13-8-10-4-1-2-5-11(10)9-15-7-3-6-14-12(15)16/h1-7H,8-9,13H2. The van der Waals surface area contributed by atoms with E-state index in [0.29, 0.717) is 13.1 Å². The van der Waals surface area contributed by atoms with Crippen molar-refractivity contribution in [1.29, 1.82) is 0 Å². The van der Waals surface area contributed by atoms with Crippen LogP contribution in [0.2, 0.25) is 0 Å². The van der Waals surface area contributed by atoms with Gasteiger partial charge in [-0.25, -0.2) is 9.78 Å². The lowest BCUT2D eigenvalue weighted by atomic mass is 10.1. The van der Waals surface area contributed by atoms with Gasteiger partial charge in [0.05, 0.1) is 6.54 Å². The van der Waals surface area contributed by atoms with Gasteiger partial charge in [0.1, 0.15) is 0 Å². The van der Waals surface area contributed by atoms with Gasteiger partial charge < -0.3 is 5.73 Å². The highest BCUT2D eigenvalue weighted by Gasteiger charge is 2.01. The molecule has 82 valence electrons. The maximum Gasteiger partial charge on any atom is 0.347 e. The molecular formula is C12H13N3O. The molecule has 2 rings (SSSR count). The van der Waals surface area contributed by atoms with Crippen molar-refractivity contribution in [3.63, 3.8) is 0 Å². The third kappa shape index (κ3) is 2.17.